The van der Waals surface area contributed by atoms with E-state index < -0.39 is 0 Å². The summed E-state index contributed by atoms with van der Waals surface area (Å²) in [4.78, 5) is 18.8. The fraction of sp³-hybridized carbons (Fsp3) is 0.185. The zero-order valence-electron chi connectivity index (χ0n) is 20.1. The van der Waals surface area contributed by atoms with E-state index in [9.17, 15) is 4.79 Å². The smallest absolute Gasteiger partial charge is 0.239 e. The summed E-state index contributed by atoms with van der Waals surface area (Å²) in [5.41, 5.74) is 4.27. The predicted molar refractivity (Wildman–Crippen MR) is 150 cm³/mol. The molecule has 6 nitrogen and oxygen atoms in total. The van der Waals surface area contributed by atoms with Crippen molar-refractivity contribution in [3.63, 3.8) is 0 Å². The van der Waals surface area contributed by atoms with Gasteiger partial charge >= 0.3 is 0 Å². The lowest BCUT2D eigenvalue weighted by Crippen LogP contribution is -2.22. The van der Waals surface area contributed by atoms with Crippen molar-refractivity contribution in [2.24, 2.45) is 0 Å². The largest absolute Gasteiger partial charge is 0.301 e. The standard InChI is InChI=1S/C27H25N5OS3/c1-17-9-12-21(13-10-17)34-16-24-30-31-27(32(24)20-7-5-4-6-8-20)35-19(3)25(33)29-26-28-22-14-11-18(2)15-23(22)36-26/h4-15,19H,16H2,1-3H3,(H,28,29,33). The number of aryl methyl sites for hydroxylation is 2. The van der Waals surface area contributed by atoms with E-state index in [2.05, 4.69) is 57.8 Å². The second-order valence-corrected chi connectivity index (χ2v) is 11.8. The minimum Gasteiger partial charge on any atom is -0.301 e. The lowest BCUT2D eigenvalue weighted by atomic mass is 10.2. The van der Waals surface area contributed by atoms with Crippen LogP contribution in [0.1, 0.15) is 23.9 Å². The second-order valence-electron chi connectivity index (χ2n) is 8.41. The molecule has 0 radical (unpaired) electrons. The van der Waals surface area contributed by atoms with Crippen LogP contribution in [-0.2, 0) is 10.5 Å². The molecule has 9 heteroatoms. The molecular formula is C27H25N5OS3. The number of rotatable bonds is 8. The molecule has 0 aliphatic carbocycles. The van der Waals surface area contributed by atoms with Gasteiger partial charge in [-0.1, -0.05) is 65.1 Å². The first kappa shape index (κ1) is 24.5. The molecule has 1 atom stereocenters. The summed E-state index contributed by atoms with van der Waals surface area (Å²) in [7, 11) is 0. The fourth-order valence-corrected chi connectivity index (χ4v) is 6.26. The first-order valence-electron chi connectivity index (χ1n) is 11.5. The zero-order chi connectivity index (χ0) is 25.1. The lowest BCUT2D eigenvalue weighted by Gasteiger charge is -2.13. The van der Waals surface area contributed by atoms with Crippen LogP contribution in [0.2, 0.25) is 0 Å². The second kappa shape index (κ2) is 10.9. The van der Waals surface area contributed by atoms with E-state index in [1.165, 1.54) is 39.1 Å². The summed E-state index contributed by atoms with van der Waals surface area (Å²) in [6, 6.07) is 24.6. The maximum absolute atomic E-state index is 13.0. The van der Waals surface area contributed by atoms with Gasteiger partial charge in [-0.15, -0.1) is 22.0 Å². The van der Waals surface area contributed by atoms with Gasteiger partial charge in [0.2, 0.25) is 5.91 Å². The summed E-state index contributed by atoms with van der Waals surface area (Å²) < 4.78 is 3.10. The Bertz CT molecular complexity index is 1500. The van der Waals surface area contributed by atoms with Gasteiger partial charge in [0.15, 0.2) is 10.3 Å². The van der Waals surface area contributed by atoms with Crippen molar-refractivity contribution in [3.05, 3.63) is 89.7 Å². The Morgan fingerprint density at radius 2 is 1.75 bits per heavy atom. The number of hydrogen-bond donors (Lipinski definition) is 1. The molecule has 0 saturated heterocycles. The van der Waals surface area contributed by atoms with Gasteiger partial charge in [0.25, 0.3) is 0 Å². The average Bonchev–Trinajstić information content (AvgIpc) is 3.46. The Morgan fingerprint density at radius 1 is 1.00 bits per heavy atom. The van der Waals surface area contributed by atoms with Crippen LogP contribution in [-0.4, -0.2) is 30.9 Å². The van der Waals surface area contributed by atoms with E-state index in [0.717, 1.165) is 21.7 Å². The molecule has 0 spiro atoms. The number of aromatic nitrogens is 4. The molecule has 2 aromatic heterocycles. The van der Waals surface area contributed by atoms with Crippen LogP contribution in [0.4, 0.5) is 5.13 Å². The minimum absolute atomic E-state index is 0.117. The summed E-state index contributed by atoms with van der Waals surface area (Å²) in [6.45, 7) is 6.01. The minimum atomic E-state index is -0.386. The van der Waals surface area contributed by atoms with E-state index in [-0.39, 0.29) is 11.2 Å². The van der Waals surface area contributed by atoms with E-state index in [1.54, 1.807) is 11.8 Å². The molecule has 0 aliphatic heterocycles. The molecule has 0 aliphatic rings. The maximum atomic E-state index is 13.0. The number of hydrogen-bond acceptors (Lipinski definition) is 7. The number of thioether (sulfide) groups is 2. The Labute approximate surface area is 222 Å². The zero-order valence-corrected chi connectivity index (χ0v) is 22.6. The highest BCUT2D eigenvalue weighted by Crippen LogP contribution is 2.31. The summed E-state index contributed by atoms with van der Waals surface area (Å²) >= 11 is 4.59. The quantitative estimate of drug-likeness (QED) is 0.220. The van der Waals surface area contributed by atoms with Crippen molar-refractivity contribution in [2.75, 3.05) is 5.32 Å². The van der Waals surface area contributed by atoms with Crippen molar-refractivity contribution in [1.82, 2.24) is 19.7 Å². The van der Waals surface area contributed by atoms with Crippen LogP contribution >= 0.6 is 34.9 Å². The van der Waals surface area contributed by atoms with Gasteiger partial charge < -0.3 is 5.32 Å². The molecule has 5 aromatic rings. The molecule has 3 aromatic carbocycles. The fourth-order valence-electron chi connectivity index (χ4n) is 3.59. The molecule has 0 fully saturated rings. The molecule has 2 heterocycles. The number of carbonyl (C=O) groups is 1. The number of benzene rings is 3. The Morgan fingerprint density at radius 3 is 2.53 bits per heavy atom. The van der Waals surface area contributed by atoms with Crippen LogP contribution < -0.4 is 5.32 Å². The van der Waals surface area contributed by atoms with Crippen molar-refractivity contribution < 1.29 is 4.79 Å². The average molecular weight is 532 g/mol. The van der Waals surface area contributed by atoms with E-state index in [1.807, 2.05) is 60.9 Å². The van der Waals surface area contributed by atoms with Crippen molar-refractivity contribution >= 4 is 56.1 Å². The molecular weight excluding hydrogens is 507 g/mol. The van der Waals surface area contributed by atoms with Gasteiger partial charge in [-0.2, -0.15) is 0 Å². The number of anilines is 1. The van der Waals surface area contributed by atoms with Gasteiger partial charge in [0.1, 0.15) is 5.82 Å². The Hall–Kier alpha value is -3.14. The highest BCUT2D eigenvalue weighted by Gasteiger charge is 2.22. The van der Waals surface area contributed by atoms with Gasteiger partial charge in [0.05, 0.1) is 21.2 Å². The molecule has 1 unspecified atom stereocenters. The van der Waals surface area contributed by atoms with E-state index in [0.29, 0.717) is 16.0 Å². The number of nitrogens with one attached hydrogen (secondary N) is 1. The number of thiazole rings is 1. The molecule has 5 rings (SSSR count). The normalized spacial score (nSPS) is 12.1. The number of para-hydroxylation sites is 1. The lowest BCUT2D eigenvalue weighted by molar-refractivity contribution is -0.115. The summed E-state index contributed by atoms with van der Waals surface area (Å²) in [5, 5.41) is 12.8. The number of fused-ring (bicyclic) bond motifs is 1. The highest BCUT2D eigenvalue weighted by atomic mass is 32.2. The van der Waals surface area contributed by atoms with Gasteiger partial charge in [-0.05, 0) is 62.7 Å². The van der Waals surface area contributed by atoms with Crippen molar-refractivity contribution in [1.29, 1.82) is 0 Å². The monoisotopic (exact) mass is 531 g/mol. The maximum Gasteiger partial charge on any atom is 0.239 e. The molecule has 0 bridgehead atoms. The van der Waals surface area contributed by atoms with Crippen LogP contribution in [0.5, 0.6) is 0 Å². The Balaban J connectivity index is 1.34. The van der Waals surface area contributed by atoms with Crippen LogP contribution in [0.25, 0.3) is 15.9 Å². The van der Waals surface area contributed by atoms with E-state index >= 15 is 0 Å². The predicted octanol–water partition coefficient (Wildman–Crippen LogP) is 6.91. The molecule has 182 valence electrons. The van der Waals surface area contributed by atoms with Crippen LogP contribution in [0, 0.1) is 13.8 Å². The third kappa shape index (κ3) is 5.64. The van der Waals surface area contributed by atoms with Crippen molar-refractivity contribution in [3.8, 4) is 5.69 Å². The summed E-state index contributed by atoms with van der Waals surface area (Å²) in [6.07, 6.45) is 0. The van der Waals surface area contributed by atoms with Crippen LogP contribution in [0.15, 0.2) is 82.8 Å². The van der Waals surface area contributed by atoms with Crippen LogP contribution in [0.3, 0.4) is 0 Å². The van der Waals surface area contributed by atoms with Crippen molar-refractivity contribution in [2.45, 2.75) is 41.8 Å². The summed E-state index contributed by atoms with van der Waals surface area (Å²) in [5.74, 6) is 1.38. The number of amides is 1. The van der Waals surface area contributed by atoms with E-state index in [4.69, 9.17) is 0 Å². The van der Waals surface area contributed by atoms with Gasteiger partial charge in [-0.25, -0.2) is 4.98 Å². The first-order chi connectivity index (χ1) is 17.5. The molecule has 36 heavy (non-hydrogen) atoms. The third-order valence-electron chi connectivity index (χ3n) is 5.53. The first-order valence-corrected chi connectivity index (χ1v) is 14.2. The topological polar surface area (TPSA) is 72.7 Å². The Kier molecular flexibility index (Phi) is 7.41. The molecule has 0 saturated carbocycles. The third-order valence-corrected chi connectivity index (χ3v) is 8.51. The highest BCUT2D eigenvalue weighted by molar-refractivity contribution is 8.00. The molecule has 1 amide bonds. The van der Waals surface area contributed by atoms with Gasteiger partial charge in [0, 0.05) is 10.6 Å². The molecule has 1 N–H and O–H groups in total. The SMILES string of the molecule is Cc1ccc(SCc2nnc(SC(C)C(=O)Nc3nc4ccc(C)cc4s3)n2-c2ccccc2)cc1. The van der Waals surface area contributed by atoms with Gasteiger partial charge in [-0.3, -0.25) is 9.36 Å². The number of carbonyl (C=O) groups excluding carboxylic acids is 1. The number of nitrogens with zero attached hydrogens (tertiary/aromatic N) is 4.